The predicted octanol–water partition coefficient (Wildman–Crippen LogP) is 3.08. The van der Waals surface area contributed by atoms with Gasteiger partial charge in [-0.05, 0) is 44.2 Å². The summed E-state index contributed by atoms with van der Waals surface area (Å²) in [6.07, 6.45) is 0.128. The van der Waals surface area contributed by atoms with Gasteiger partial charge in [0.05, 0.1) is 6.54 Å². The third-order valence-corrected chi connectivity index (χ3v) is 5.05. The van der Waals surface area contributed by atoms with Gasteiger partial charge in [-0.1, -0.05) is 0 Å². The molecule has 2 saturated heterocycles. The largest absolute Gasteiger partial charge is 0.401 e. The van der Waals surface area contributed by atoms with E-state index < -0.39 is 12.7 Å². The first kappa shape index (κ1) is 13.9. The zero-order valence-electron chi connectivity index (χ0n) is 9.77. The standard InChI is InChI=1S/C11H18F3IN2/c12-11(13,14)9-16-5-1-10(2-6-16)3-7-17(15)8-4-10/h1-9H2. The molecule has 6 heteroatoms. The van der Waals surface area contributed by atoms with E-state index in [0.29, 0.717) is 18.5 Å². The summed E-state index contributed by atoms with van der Waals surface area (Å²) >= 11 is 2.33. The van der Waals surface area contributed by atoms with Crippen molar-refractivity contribution in [3.05, 3.63) is 0 Å². The quantitative estimate of drug-likeness (QED) is 0.523. The van der Waals surface area contributed by atoms with Crippen LogP contribution in [0.25, 0.3) is 0 Å². The lowest BCUT2D eigenvalue weighted by molar-refractivity contribution is -0.151. The number of likely N-dealkylation sites (tertiary alicyclic amines) is 1. The maximum Gasteiger partial charge on any atom is 0.401 e. The molecule has 17 heavy (non-hydrogen) atoms. The molecule has 2 nitrogen and oxygen atoms in total. The van der Waals surface area contributed by atoms with Gasteiger partial charge in [0.15, 0.2) is 0 Å². The van der Waals surface area contributed by atoms with Crippen molar-refractivity contribution < 1.29 is 13.2 Å². The predicted molar refractivity (Wildman–Crippen MR) is 69.0 cm³/mol. The van der Waals surface area contributed by atoms with E-state index in [1.54, 1.807) is 4.90 Å². The molecule has 0 saturated carbocycles. The molecule has 100 valence electrons. The van der Waals surface area contributed by atoms with Gasteiger partial charge in [0.25, 0.3) is 0 Å². The summed E-state index contributed by atoms with van der Waals surface area (Å²) in [5, 5.41) is 0. The molecular weight excluding hydrogens is 344 g/mol. The first-order chi connectivity index (χ1) is 7.89. The Morgan fingerprint density at radius 3 is 1.88 bits per heavy atom. The Labute approximate surface area is 114 Å². The van der Waals surface area contributed by atoms with Crippen molar-refractivity contribution in [3.63, 3.8) is 0 Å². The first-order valence-corrected chi connectivity index (χ1v) is 7.05. The smallest absolute Gasteiger partial charge is 0.295 e. The maximum absolute atomic E-state index is 12.3. The Morgan fingerprint density at radius 1 is 0.941 bits per heavy atom. The molecular formula is C11H18F3IN2. The zero-order valence-corrected chi connectivity index (χ0v) is 11.9. The van der Waals surface area contributed by atoms with E-state index in [0.717, 1.165) is 38.8 Å². The van der Waals surface area contributed by atoms with Gasteiger partial charge in [0.2, 0.25) is 0 Å². The van der Waals surface area contributed by atoms with Crippen molar-refractivity contribution in [2.45, 2.75) is 31.9 Å². The minimum absolute atomic E-state index is 0.337. The van der Waals surface area contributed by atoms with E-state index in [1.165, 1.54) is 0 Å². The minimum Gasteiger partial charge on any atom is -0.295 e. The second kappa shape index (κ2) is 5.21. The fourth-order valence-electron chi connectivity index (χ4n) is 2.89. The lowest BCUT2D eigenvalue weighted by atomic mass is 9.71. The monoisotopic (exact) mass is 362 g/mol. The van der Waals surface area contributed by atoms with E-state index in [4.69, 9.17) is 0 Å². The number of alkyl halides is 3. The van der Waals surface area contributed by atoms with Crippen LogP contribution in [0.2, 0.25) is 0 Å². The highest BCUT2D eigenvalue weighted by Gasteiger charge is 2.39. The molecule has 0 aliphatic carbocycles. The summed E-state index contributed by atoms with van der Waals surface area (Å²) in [5.41, 5.74) is 0.337. The van der Waals surface area contributed by atoms with Crippen molar-refractivity contribution in [2.24, 2.45) is 5.41 Å². The molecule has 2 aliphatic rings. The summed E-state index contributed by atoms with van der Waals surface area (Å²) in [7, 11) is 0. The third-order valence-electron chi connectivity index (χ3n) is 4.09. The van der Waals surface area contributed by atoms with Gasteiger partial charge in [-0.15, -0.1) is 0 Å². The molecule has 0 aromatic heterocycles. The average Bonchev–Trinajstić information content (AvgIpc) is 2.24. The Morgan fingerprint density at radius 2 is 1.41 bits per heavy atom. The Kier molecular flexibility index (Phi) is 4.24. The molecule has 0 N–H and O–H groups in total. The molecule has 2 heterocycles. The lowest BCUT2D eigenvalue weighted by Gasteiger charge is -2.45. The SMILES string of the molecule is FC(F)(F)CN1CCC2(CCN(I)CC2)CC1. The summed E-state index contributed by atoms with van der Waals surface area (Å²) in [5.74, 6) is 0. The van der Waals surface area contributed by atoms with Gasteiger partial charge in [0.1, 0.15) is 0 Å². The molecule has 2 rings (SSSR count). The van der Waals surface area contributed by atoms with E-state index in [-0.39, 0.29) is 0 Å². The molecule has 0 bridgehead atoms. The average molecular weight is 362 g/mol. The number of rotatable bonds is 1. The van der Waals surface area contributed by atoms with Gasteiger partial charge in [0, 0.05) is 36.0 Å². The van der Waals surface area contributed by atoms with E-state index in [2.05, 4.69) is 26.0 Å². The Hall–Kier alpha value is 0.440. The number of hydrogen-bond acceptors (Lipinski definition) is 2. The molecule has 2 aliphatic heterocycles. The number of piperidine rings is 2. The van der Waals surface area contributed by atoms with Crippen LogP contribution in [0, 0.1) is 5.41 Å². The second-order valence-corrected chi connectivity index (χ2v) is 6.67. The summed E-state index contributed by atoms with van der Waals surface area (Å²) < 4.78 is 39.1. The van der Waals surface area contributed by atoms with Crippen LogP contribution in [0.5, 0.6) is 0 Å². The summed E-state index contributed by atoms with van der Waals surface area (Å²) in [6.45, 7) is 2.66. The van der Waals surface area contributed by atoms with Crippen LogP contribution in [-0.2, 0) is 0 Å². The molecule has 0 amide bonds. The fourth-order valence-corrected chi connectivity index (χ4v) is 3.38. The summed E-state index contributed by atoms with van der Waals surface area (Å²) in [6, 6.07) is 0. The number of nitrogens with zero attached hydrogens (tertiary/aromatic N) is 2. The van der Waals surface area contributed by atoms with Gasteiger partial charge in [-0.3, -0.25) is 4.90 Å². The molecule has 0 atom stereocenters. The highest BCUT2D eigenvalue weighted by atomic mass is 127. The van der Waals surface area contributed by atoms with Crippen molar-refractivity contribution in [1.29, 1.82) is 0 Å². The first-order valence-electron chi connectivity index (χ1n) is 6.08. The van der Waals surface area contributed by atoms with Crippen LogP contribution in [0.4, 0.5) is 13.2 Å². The molecule has 1 spiro atoms. The third kappa shape index (κ3) is 3.96. The lowest BCUT2D eigenvalue weighted by Crippen LogP contribution is -2.47. The Bertz CT molecular complexity index is 252. The van der Waals surface area contributed by atoms with Crippen LogP contribution in [0.1, 0.15) is 25.7 Å². The van der Waals surface area contributed by atoms with Crippen molar-refractivity contribution in [3.8, 4) is 0 Å². The van der Waals surface area contributed by atoms with Crippen molar-refractivity contribution >= 4 is 22.9 Å². The van der Waals surface area contributed by atoms with E-state index in [1.807, 2.05) is 0 Å². The maximum atomic E-state index is 12.3. The molecule has 0 radical (unpaired) electrons. The minimum atomic E-state index is -4.05. The number of hydrogen-bond donors (Lipinski definition) is 0. The fraction of sp³-hybridized carbons (Fsp3) is 1.00. The highest BCUT2D eigenvalue weighted by molar-refractivity contribution is 14.1. The normalized spacial score (nSPS) is 27.5. The topological polar surface area (TPSA) is 6.48 Å². The van der Waals surface area contributed by atoms with Crippen molar-refractivity contribution in [1.82, 2.24) is 8.01 Å². The van der Waals surface area contributed by atoms with E-state index >= 15 is 0 Å². The summed E-state index contributed by atoms with van der Waals surface area (Å²) in [4.78, 5) is 1.56. The van der Waals surface area contributed by atoms with E-state index in [9.17, 15) is 13.2 Å². The van der Waals surface area contributed by atoms with Gasteiger partial charge in [-0.2, -0.15) is 13.2 Å². The van der Waals surface area contributed by atoms with Gasteiger partial charge < -0.3 is 0 Å². The molecule has 0 unspecified atom stereocenters. The second-order valence-electron chi connectivity index (χ2n) is 5.30. The van der Waals surface area contributed by atoms with Gasteiger partial charge >= 0.3 is 6.18 Å². The van der Waals surface area contributed by atoms with Crippen LogP contribution >= 0.6 is 22.9 Å². The number of halogens is 4. The van der Waals surface area contributed by atoms with Crippen molar-refractivity contribution in [2.75, 3.05) is 32.7 Å². The van der Waals surface area contributed by atoms with Gasteiger partial charge in [-0.25, -0.2) is 3.11 Å². The molecule has 0 aromatic rings. The van der Waals surface area contributed by atoms with Crippen LogP contribution in [0.15, 0.2) is 0 Å². The highest BCUT2D eigenvalue weighted by Crippen LogP contribution is 2.42. The Balaban J connectivity index is 1.81. The van der Waals surface area contributed by atoms with Crippen LogP contribution < -0.4 is 0 Å². The molecule has 2 fully saturated rings. The van der Waals surface area contributed by atoms with Crippen LogP contribution in [0.3, 0.4) is 0 Å². The zero-order chi connectivity index (χ0) is 12.5. The molecule has 0 aromatic carbocycles. The van der Waals surface area contributed by atoms with Crippen LogP contribution in [-0.4, -0.2) is 46.9 Å².